The van der Waals surface area contributed by atoms with Gasteiger partial charge in [0.2, 0.25) is 0 Å². The van der Waals surface area contributed by atoms with Gasteiger partial charge in [0.05, 0.1) is 11.6 Å². The number of likely N-dealkylation sites (tertiary alicyclic amines) is 1. The molecule has 5 heteroatoms. The van der Waals surface area contributed by atoms with Crippen LogP contribution in [0.5, 0.6) is 0 Å². The van der Waals surface area contributed by atoms with Crippen molar-refractivity contribution in [2.75, 3.05) is 13.1 Å². The van der Waals surface area contributed by atoms with Crippen LogP contribution in [-0.4, -0.2) is 28.9 Å². The van der Waals surface area contributed by atoms with Gasteiger partial charge in [0, 0.05) is 28.7 Å². The summed E-state index contributed by atoms with van der Waals surface area (Å²) in [5.41, 5.74) is 5.49. The molecule has 3 aromatic carbocycles. The van der Waals surface area contributed by atoms with E-state index in [9.17, 15) is 4.79 Å². The lowest BCUT2D eigenvalue weighted by Gasteiger charge is -2.32. The van der Waals surface area contributed by atoms with Crippen LogP contribution in [0.3, 0.4) is 0 Å². The van der Waals surface area contributed by atoms with E-state index in [4.69, 9.17) is 11.6 Å². The van der Waals surface area contributed by atoms with Gasteiger partial charge in [0.1, 0.15) is 0 Å². The third-order valence-electron chi connectivity index (χ3n) is 7.51. The van der Waals surface area contributed by atoms with Crippen molar-refractivity contribution in [1.29, 1.82) is 0 Å². The monoisotopic (exact) mass is 511 g/mol. The highest BCUT2D eigenvalue weighted by Gasteiger charge is 2.20. The summed E-state index contributed by atoms with van der Waals surface area (Å²) in [7, 11) is 0. The van der Waals surface area contributed by atoms with Crippen molar-refractivity contribution >= 4 is 28.4 Å². The molecule has 1 aliphatic heterocycles. The van der Waals surface area contributed by atoms with E-state index in [-0.39, 0.29) is 11.9 Å². The summed E-state index contributed by atoms with van der Waals surface area (Å²) >= 11 is 6.01. The molecule has 4 aromatic rings. The molecule has 2 heterocycles. The molecule has 0 saturated carbocycles. The van der Waals surface area contributed by atoms with E-state index < -0.39 is 0 Å². The maximum Gasteiger partial charge on any atom is 0.251 e. The van der Waals surface area contributed by atoms with Crippen LogP contribution in [0.25, 0.3) is 10.9 Å². The normalized spacial score (nSPS) is 15.5. The minimum Gasteiger partial charge on any atom is -0.345 e. The number of carbonyl (C=O) groups is 1. The molecule has 0 unspecified atom stereocenters. The average Bonchev–Trinajstić information content (AvgIpc) is 2.93. The molecular weight excluding hydrogens is 478 g/mol. The van der Waals surface area contributed by atoms with Crippen LogP contribution in [0.15, 0.2) is 85.1 Å². The summed E-state index contributed by atoms with van der Waals surface area (Å²) in [5.74, 6) is 0.650. The predicted molar refractivity (Wildman–Crippen MR) is 152 cm³/mol. The number of pyridine rings is 1. The molecule has 0 spiro atoms. The smallest absolute Gasteiger partial charge is 0.251 e. The number of hydrogen-bond donors (Lipinski definition) is 1. The highest BCUT2D eigenvalue weighted by molar-refractivity contribution is 6.30. The first-order valence-corrected chi connectivity index (χ1v) is 13.7. The molecule has 5 rings (SSSR count). The lowest BCUT2D eigenvalue weighted by atomic mass is 9.89. The van der Waals surface area contributed by atoms with E-state index in [1.54, 1.807) is 0 Å². The van der Waals surface area contributed by atoms with Gasteiger partial charge in [-0.3, -0.25) is 14.7 Å². The molecule has 1 fully saturated rings. The molecule has 1 atom stereocenters. The van der Waals surface area contributed by atoms with Crippen molar-refractivity contribution in [2.45, 2.75) is 45.2 Å². The van der Waals surface area contributed by atoms with Crippen molar-refractivity contribution in [3.8, 4) is 0 Å². The van der Waals surface area contributed by atoms with E-state index in [1.807, 2.05) is 48.7 Å². The quantitative estimate of drug-likeness (QED) is 0.271. The third kappa shape index (κ3) is 6.57. The Balaban J connectivity index is 1.11. The maximum absolute atomic E-state index is 12.9. The molecule has 1 aliphatic rings. The van der Waals surface area contributed by atoms with E-state index in [1.165, 1.54) is 29.4 Å². The molecule has 1 amide bonds. The second-order valence-corrected chi connectivity index (χ2v) is 10.6. The van der Waals surface area contributed by atoms with E-state index in [0.717, 1.165) is 43.6 Å². The van der Waals surface area contributed by atoms with Gasteiger partial charge in [-0.2, -0.15) is 0 Å². The number of nitrogens with zero attached hydrogens (tertiary/aromatic N) is 2. The Morgan fingerprint density at radius 2 is 1.73 bits per heavy atom. The SMILES string of the molecule is CC[C@@H](NC(=O)c1ccc(CC2CCN(Cc3ccc4ncccc4c3)CC2)cc1)c1ccc(Cl)cc1. The van der Waals surface area contributed by atoms with Gasteiger partial charge in [-0.1, -0.05) is 54.9 Å². The molecule has 4 nitrogen and oxygen atoms in total. The maximum atomic E-state index is 12.9. The highest BCUT2D eigenvalue weighted by Crippen LogP contribution is 2.25. The van der Waals surface area contributed by atoms with Crippen LogP contribution in [0.2, 0.25) is 5.02 Å². The second-order valence-electron chi connectivity index (χ2n) is 10.1. The molecule has 0 aliphatic carbocycles. The Morgan fingerprint density at radius 1 is 1.00 bits per heavy atom. The van der Waals surface area contributed by atoms with Crippen LogP contribution in [0.1, 0.15) is 59.3 Å². The Hall–Kier alpha value is -3.21. The number of rotatable bonds is 8. The lowest BCUT2D eigenvalue weighted by molar-refractivity contribution is 0.0935. The highest BCUT2D eigenvalue weighted by atomic mass is 35.5. The Bertz CT molecular complexity index is 1330. The number of hydrogen-bond acceptors (Lipinski definition) is 3. The first-order valence-electron chi connectivity index (χ1n) is 13.3. The van der Waals surface area contributed by atoms with Gasteiger partial charge in [-0.15, -0.1) is 0 Å². The number of amides is 1. The fourth-order valence-corrected chi connectivity index (χ4v) is 5.44. The fraction of sp³-hybridized carbons (Fsp3) is 0.312. The molecular formula is C32H34ClN3O. The van der Waals surface area contributed by atoms with Gasteiger partial charge in [0.15, 0.2) is 0 Å². The van der Waals surface area contributed by atoms with E-state index in [2.05, 4.69) is 58.5 Å². The number of benzene rings is 3. The van der Waals surface area contributed by atoms with Crippen LogP contribution in [0, 0.1) is 5.92 Å². The van der Waals surface area contributed by atoms with E-state index in [0.29, 0.717) is 16.5 Å². The summed E-state index contributed by atoms with van der Waals surface area (Å²) in [5, 5.41) is 5.08. The summed E-state index contributed by atoms with van der Waals surface area (Å²) in [4.78, 5) is 19.9. The molecule has 1 aromatic heterocycles. The van der Waals surface area contributed by atoms with Crippen molar-refractivity contribution in [3.05, 3.63) is 112 Å². The average molecular weight is 512 g/mol. The van der Waals surface area contributed by atoms with Crippen LogP contribution >= 0.6 is 11.6 Å². The number of fused-ring (bicyclic) bond motifs is 1. The molecule has 190 valence electrons. The number of nitrogens with one attached hydrogen (secondary N) is 1. The number of carbonyl (C=O) groups excluding carboxylic acids is 1. The minimum absolute atomic E-state index is 0.0269. The van der Waals surface area contributed by atoms with Crippen molar-refractivity contribution in [2.24, 2.45) is 5.92 Å². The summed E-state index contributed by atoms with van der Waals surface area (Å²) in [6.45, 7) is 5.32. The standard InChI is InChI=1S/C32H34ClN3O/c1-2-30(26-10-12-29(33)13-11-26)35-32(37)27-8-5-23(6-9-27)20-24-15-18-36(19-16-24)22-25-7-14-31-28(21-25)4-3-17-34-31/h3-14,17,21,24,30H,2,15-16,18-20,22H2,1H3,(H,35,37)/t30-/m1/s1. The van der Waals surface area contributed by atoms with Gasteiger partial charge in [0.25, 0.3) is 5.91 Å². The van der Waals surface area contributed by atoms with Crippen LogP contribution in [-0.2, 0) is 13.0 Å². The molecule has 1 N–H and O–H groups in total. The molecule has 0 radical (unpaired) electrons. The first-order chi connectivity index (χ1) is 18.1. The van der Waals surface area contributed by atoms with Gasteiger partial charge >= 0.3 is 0 Å². The number of aromatic nitrogens is 1. The Morgan fingerprint density at radius 3 is 2.46 bits per heavy atom. The zero-order chi connectivity index (χ0) is 25.6. The third-order valence-corrected chi connectivity index (χ3v) is 7.76. The zero-order valence-corrected chi connectivity index (χ0v) is 22.1. The Labute approximate surface area is 224 Å². The first kappa shape index (κ1) is 25.4. The summed E-state index contributed by atoms with van der Waals surface area (Å²) in [6.07, 6.45) is 6.15. The fourth-order valence-electron chi connectivity index (χ4n) is 5.31. The second kappa shape index (κ2) is 11.9. The minimum atomic E-state index is -0.0360. The van der Waals surface area contributed by atoms with Gasteiger partial charge < -0.3 is 5.32 Å². The van der Waals surface area contributed by atoms with Crippen LogP contribution < -0.4 is 5.32 Å². The largest absolute Gasteiger partial charge is 0.345 e. The number of halogens is 1. The molecule has 0 bridgehead atoms. The summed E-state index contributed by atoms with van der Waals surface area (Å²) in [6, 6.07) is 26.6. The van der Waals surface area contributed by atoms with Crippen molar-refractivity contribution in [1.82, 2.24) is 15.2 Å². The van der Waals surface area contributed by atoms with Gasteiger partial charge in [-0.05, 0) is 104 Å². The lowest BCUT2D eigenvalue weighted by Crippen LogP contribution is -2.33. The zero-order valence-electron chi connectivity index (χ0n) is 21.4. The molecule has 1 saturated heterocycles. The van der Waals surface area contributed by atoms with Gasteiger partial charge in [-0.25, -0.2) is 0 Å². The van der Waals surface area contributed by atoms with Crippen LogP contribution in [0.4, 0.5) is 0 Å². The van der Waals surface area contributed by atoms with Crippen molar-refractivity contribution in [3.63, 3.8) is 0 Å². The predicted octanol–water partition coefficient (Wildman–Crippen LogP) is 7.22. The van der Waals surface area contributed by atoms with E-state index >= 15 is 0 Å². The molecule has 37 heavy (non-hydrogen) atoms. The summed E-state index contributed by atoms with van der Waals surface area (Å²) < 4.78 is 0. The number of piperidine rings is 1. The topological polar surface area (TPSA) is 45.2 Å². The Kier molecular flexibility index (Phi) is 8.18. The van der Waals surface area contributed by atoms with Crippen molar-refractivity contribution < 1.29 is 4.79 Å².